The number of carbonyl (C=O) groups excluding carboxylic acids is 2. The molecule has 3 aromatic rings. The standard InChI is InChI=1S/C30H32N2O5/c1-18-27(31-30(36)37-17-20-6-4-3-5-7-20)25-16-24(21-8-12-23(13-9-21)29(34)35)14-15-26(25)32(19(2)33)28(18)22-10-11-22/h3-9,12-16,18,22,27-29,34-35H,10-11,17H2,1-2H3,(H,31,36)/t18-,27?,28-/m1/s1. The molecule has 0 radical (unpaired) electrons. The predicted molar refractivity (Wildman–Crippen MR) is 140 cm³/mol. The molecular weight excluding hydrogens is 468 g/mol. The molecule has 1 aliphatic carbocycles. The fraction of sp³-hybridized carbons (Fsp3) is 0.333. The van der Waals surface area contributed by atoms with Gasteiger partial charge in [0, 0.05) is 30.1 Å². The topological polar surface area (TPSA) is 99.1 Å². The first-order chi connectivity index (χ1) is 17.8. The summed E-state index contributed by atoms with van der Waals surface area (Å²) in [7, 11) is 0. The van der Waals surface area contributed by atoms with Gasteiger partial charge in [-0.2, -0.15) is 0 Å². The highest BCUT2D eigenvalue weighted by Crippen LogP contribution is 2.49. The zero-order chi connectivity index (χ0) is 26.1. The average molecular weight is 501 g/mol. The Morgan fingerprint density at radius 2 is 1.68 bits per heavy atom. The van der Waals surface area contributed by atoms with Gasteiger partial charge in [-0.15, -0.1) is 0 Å². The van der Waals surface area contributed by atoms with Crippen molar-refractivity contribution in [2.45, 2.75) is 51.7 Å². The van der Waals surface area contributed by atoms with Crippen LogP contribution in [-0.2, 0) is 16.1 Å². The zero-order valence-corrected chi connectivity index (χ0v) is 21.0. The molecule has 3 aromatic carbocycles. The number of alkyl carbamates (subject to hydrolysis) is 1. The highest BCUT2D eigenvalue weighted by molar-refractivity contribution is 5.94. The lowest BCUT2D eigenvalue weighted by Crippen LogP contribution is -2.53. The summed E-state index contributed by atoms with van der Waals surface area (Å²) in [6.45, 7) is 3.87. The maximum Gasteiger partial charge on any atom is 0.407 e. The van der Waals surface area contributed by atoms with Gasteiger partial charge < -0.3 is 25.2 Å². The number of fused-ring (bicyclic) bond motifs is 1. The van der Waals surface area contributed by atoms with Gasteiger partial charge in [-0.25, -0.2) is 4.79 Å². The number of hydrogen-bond donors (Lipinski definition) is 3. The zero-order valence-electron chi connectivity index (χ0n) is 21.0. The van der Waals surface area contributed by atoms with E-state index in [1.165, 1.54) is 0 Å². The minimum absolute atomic E-state index is 0.000554. The summed E-state index contributed by atoms with van der Waals surface area (Å²) in [6.07, 6.45) is 0.113. The Labute approximate surface area is 216 Å². The van der Waals surface area contributed by atoms with Crippen LogP contribution in [0.5, 0.6) is 0 Å². The van der Waals surface area contributed by atoms with E-state index in [4.69, 9.17) is 4.74 Å². The number of nitrogens with one attached hydrogen (secondary N) is 1. The van der Waals surface area contributed by atoms with Crippen molar-refractivity contribution in [3.63, 3.8) is 0 Å². The van der Waals surface area contributed by atoms with Gasteiger partial charge in [-0.1, -0.05) is 67.6 Å². The van der Waals surface area contributed by atoms with Crippen LogP contribution in [0.4, 0.5) is 10.5 Å². The van der Waals surface area contributed by atoms with Crippen LogP contribution < -0.4 is 10.2 Å². The molecule has 1 heterocycles. The van der Waals surface area contributed by atoms with Crippen LogP contribution in [0.25, 0.3) is 11.1 Å². The Hall–Kier alpha value is -3.68. The summed E-state index contributed by atoms with van der Waals surface area (Å²) >= 11 is 0. The third-order valence-corrected chi connectivity index (χ3v) is 7.46. The fourth-order valence-corrected chi connectivity index (χ4v) is 5.48. The first-order valence-corrected chi connectivity index (χ1v) is 12.7. The molecule has 0 saturated heterocycles. The molecule has 3 atom stereocenters. The van der Waals surface area contributed by atoms with Gasteiger partial charge in [-0.05, 0) is 53.1 Å². The van der Waals surface area contributed by atoms with Crippen LogP contribution in [0.3, 0.4) is 0 Å². The van der Waals surface area contributed by atoms with Crippen LogP contribution in [-0.4, -0.2) is 28.3 Å². The van der Waals surface area contributed by atoms with E-state index in [9.17, 15) is 19.8 Å². The van der Waals surface area contributed by atoms with Crippen molar-refractivity contribution in [2.24, 2.45) is 11.8 Å². The molecule has 0 bridgehead atoms. The van der Waals surface area contributed by atoms with Crippen LogP contribution in [0.2, 0.25) is 0 Å². The SMILES string of the molecule is CC(=O)N1c2ccc(-c3ccc(C(O)O)cc3)cc2C(NC(=O)OCc2ccccc2)[C@@H](C)[C@@H]1C1CC1. The van der Waals surface area contributed by atoms with Gasteiger partial charge in [-0.3, -0.25) is 4.79 Å². The van der Waals surface area contributed by atoms with Crippen molar-refractivity contribution in [1.29, 1.82) is 0 Å². The summed E-state index contributed by atoms with van der Waals surface area (Å²) in [5.74, 6) is 0.383. The molecule has 2 amide bonds. The van der Waals surface area contributed by atoms with E-state index < -0.39 is 12.4 Å². The van der Waals surface area contributed by atoms with E-state index in [-0.39, 0.29) is 30.5 Å². The third kappa shape index (κ3) is 5.24. The summed E-state index contributed by atoms with van der Waals surface area (Å²) in [5.41, 5.74) is 4.78. The van der Waals surface area contributed by atoms with Crippen LogP contribution in [0.15, 0.2) is 72.8 Å². The number of aliphatic hydroxyl groups excluding tert-OH is 1. The monoisotopic (exact) mass is 500 g/mol. The Bertz CT molecular complexity index is 1270. The van der Waals surface area contributed by atoms with E-state index in [2.05, 4.69) is 12.2 Å². The van der Waals surface area contributed by atoms with Crippen molar-refractivity contribution in [3.05, 3.63) is 89.5 Å². The lowest BCUT2D eigenvalue weighted by atomic mass is 9.79. The molecular formula is C30H32N2O5. The van der Waals surface area contributed by atoms with E-state index in [0.29, 0.717) is 11.5 Å². The second-order valence-corrected chi connectivity index (χ2v) is 10.0. The number of anilines is 1. The number of ether oxygens (including phenoxy) is 1. The molecule has 1 aliphatic heterocycles. The smallest absolute Gasteiger partial charge is 0.407 e. The lowest BCUT2D eigenvalue weighted by Gasteiger charge is -2.45. The molecule has 7 heteroatoms. The van der Waals surface area contributed by atoms with Gasteiger partial charge >= 0.3 is 6.09 Å². The Kier molecular flexibility index (Phi) is 7.00. The summed E-state index contributed by atoms with van der Waals surface area (Å²) < 4.78 is 5.55. The van der Waals surface area contributed by atoms with E-state index in [1.807, 2.05) is 65.6 Å². The first-order valence-electron chi connectivity index (χ1n) is 12.7. The van der Waals surface area contributed by atoms with Crippen molar-refractivity contribution < 1.29 is 24.5 Å². The van der Waals surface area contributed by atoms with Gasteiger partial charge in [0.1, 0.15) is 6.61 Å². The third-order valence-electron chi connectivity index (χ3n) is 7.46. The maximum absolute atomic E-state index is 12.9. The number of benzene rings is 3. The van der Waals surface area contributed by atoms with Crippen LogP contribution in [0, 0.1) is 11.8 Å². The molecule has 0 spiro atoms. The second-order valence-electron chi connectivity index (χ2n) is 10.0. The van der Waals surface area contributed by atoms with Gasteiger partial charge in [0.05, 0.1) is 6.04 Å². The summed E-state index contributed by atoms with van der Waals surface area (Å²) in [6, 6.07) is 22.1. The van der Waals surface area contributed by atoms with E-state index >= 15 is 0 Å². The number of hydrogen-bond acceptors (Lipinski definition) is 5. The molecule has 1 saturated carbocycles. The molecule has 37 heavy (non-hydrogen) atoms. The maximum atomic E-state index is 12.9. The van der Waals surface area contributed by atoms with Gasteiger partial charge in [0.25, 0.3) is 0 Å². The molecule has 3 N–H and O–H groups in total. The molecule has 1 fully saturated rings. The van der Waals surface area contributed by atoms with Crippen LogP contribution >= 0.6 is 0 Å². The van der Waals surface area contributed by atoms with E-state index in [1.54, 1.807) is 19.1 Å². The fourth-order valence-electron chi connectivity index (χ4n) is 5.48. The second kappa shape index (κ2) is 10.4. The predicted octanol–water partition coefficient (Wildman–Crippen LogP) is 5.09. The van der Waals surface area contributed by atoms with Crippen molar-refractivity contribution in [2.75, 3.05) is 4.90 Å². The quantitative estimate of drug-likeness (QED) is 0.410. The van der Waals surface area contributed by atoms with E-state index in [0.717, 1.165) is 40.8 Å². The van der Waals surface area contributed by atoms with Gasteiger partial charge in [0.2, 0.25) is 5.91 Å². The van der Waals surface area contributed by atoms with Gasteiger partial charge in [0.15, 0.2) is 6.29 Å². The molecule has 7 nitrogen and oxygen atoms in total. The average Bonchev–Trinajstić information content (AvgIpc) is 3.74. The highest BCUT2D eigenvalue weighted by atomic mass is 16.5. The molecule has 192 valence electrons. The molecule has 5 rings (SSSR count). The summed E-state index contributed by atoms with van der Waals surface area (Å²) in [4.78, 5) is 27.7. The summed E-state index contributed by atoms with van der Waals surface area (Å²) in [5, 5.41) is 22.0. The Morgan fingerprint density at radius 1 is 1.00 bits per heavy atom. The number of rotatable bonds is 6. The minimum atomic E-state index is -1.53. The Balaban J connectivity index is 1.48. The molecule has 1 unspecified atom stereocenters. The lowest BCUT2D eigenvalue weighted by molar-refractivity contribution is -0.117. The Morgan fingerprint density at radius 3 is 2.30 bits per heavy atom. The van der Waals surface area contributed by atoms with Crippen molar-refractivity contribution >= 4 is 17.7 Å². The largest absolute Gasteiger partial charge is 0.445 e. The van der Waals surface area contributed by atoms with Crippen LogP contribution in [0.1, 0.15) is 55.7 Å². The molecule has 0 aromatic heterocycles. The van der Waals surface area contributed by atoms with Crippen molar-refractivity contribution in [3.8, 4) is 11.1 Å². The normalized spacial score (nSPS) is 20.9. The highest BCUT2D eigenvalue weighted by Gasteiger charge is 2.48. The van der Waals surface area contributed by atoms with Crippen molar-refractivity contribution in [1.82, 2.24) is 5.32 Å². The first kappa shape index (κ1) is 25.0. The number of carbonyl (C=O) groups is 2. The minimum Gasteiger partial charge on any atom is -0.445 e. The molecule has 2 aliphatic rings. The number of nitrogens with zero attached hydrogens (tertiary/aromatic N) is 1. The number of amides is 2. The number of aliphatic hydroxyl groups is 2.